The minimum absolute atomic E-state index is 0.0283. The summed E-state index contributed by atoms with van der Waals surface area (Å²) in [5, 5.41) is 6.12. The lowest BCUT2D eigenvalue weighted by Crippen LogP contribution is -2.51. The van der Waals surface area contributed by atoms with E-state index >= 15 is 0 Å². The minimum atomic E-state index is -0.162. The lowest BCUT2D eigenvalue weighted by Gasteiger charge is -2.32. The second kappa shape index (κ2) is 7.48. The molecule has 1 amide bonds. The standard InChI is InChI=1S/C14H26N2O3/c1-9(2)12(13(17)15-3)16-11-7-5-10(6-8-11)14(18)19-4/h9-12,16H,5-8H2,1-4H3,(H,15,17)/t10?,11?,12-/m1/s1. The number of ether oxygens (including phenoxy) is 1. The molecule has 5 heteroatoms. The van der Waals surface area contributed by atoms with Crippen molar-refractivity contribution in [3.8, 4) is 0 Å². The van der Waals surface area contributed by atoms with Crippen molar-refractivity contribution in [1.82, 2.24) is 10.6 Å². The van der Waals surface area contributed by atoms with Crippen LogP contribution in [0.2, 0.25) is 0 Å². The molecule has 1 aliphatic carbocycles. The molecule has 5 nitrogen and oxygen atoms in total. The van der Waals surface area contributed by atoms with Crippen LogP contribution in [0.3, 0.4) is 0 Å². The molecule has 0 unspecified atom stereocenters. The Bertz CT molecular complexity index is 310. The van der Waals surface area contributed by atoms with Crippen LogP contribution in [0.25, 0.3) is 0 Å². The quantitative estimate of drug-likeness (QED) is 0.734. The molecule has 0 radical (unpaired) electrons. The highest BCUT2D eigenvalue weighted by Crippen LogP contribution is 2.26. The van der Waals surface area contributed by atoms with E-state index in [9.17, 15) is 9.59 Å². The summed E-state index contributed by atoms with van der Waals surface area (Å²) in [4.78, 5) is 23.3. The fourth-order valence-corrected chi connectivity index (χ4v) is 2.64. The van der Waals surface area contributed by atoms with E-state index in [0.717, 1.165) is 25.7 Å². The fourth-order valence-electron chi connectivity index (χ4n) is 2.64. The van der Waals surface area contributed by atoms with Gasteiger partial charge < -0.3 is 15.4 Å². The van der Waals surface area contributed by atoms with E-state index in [-0.39, 0.29) is 29.8 Å². The third-order valence-corrected chi connectivity index (χ3v) is 3.87. The number of carbonyl (C=O) groups excluding carboxylic acids is 2. The SMILES string of the molecule is CNC(=O)[C@H](NC1CCC(C(=O)OC)CC1)C(C)C. The van der Waals surface area contributed by atoms with Crippen LogP contribution in [-0.2, 0) is 14.3 Å². The van der Waals surface area contributed by atoms with E-state index in [1.54, 1.807) is 7.05 Å². The van der Waals surface area contributed by atoms with Crippen LogP contribution in [-0.4, -0.2) is 38.1 Å². The second-order valence-corrected chi connectivity index (χ2v) is 5.57. The van der Waals surface area contributed by atoms with Gasteiger partial charge in [0.1, 0.15) is 0 Å². The van der Waals surface area contributed by atoms with E-state index < -0.39 is 0 Å². The number of hydrogen-bond donors (Lipinski definition) is 2. The number of rotatable bonds is 5. The Morgan fingerprint density at radius 2 is 1.74 bits per heavy atom. The normalized spacial score (nSPS) is 24.9. The first-order chi connectivity index (χ1) is 8.99. The van der Waals surface area contributed by atoms with E-state index in [1.807, 2.05) is 13.8 Å². The average Bonchev–Trinajstić information content (AvgIpc) is 2.43. The second-order valence-electron chi connectivity index (χ2n) is 5.57. The molecule has 1 fully saturated rings. The molecule has 1 rings (SSSR count). The van der Waals surface area contributed by atoms with E-state index in [1.165, 1.54) is 7.11 Å². The number of hydrogen-bond acceptors (Lipinski definition) is 4. The first-order valence-corrected chi connectivity index (χ1v) is 7.05. The zero-order chi connectivity index (χ0) is 14.4. The average molecular weight is 270 g/mol. The molecule has 110 valence electrons. The van der Waals surface area contributed by atoms with Gasteiger partial charge in [-0.15, -0.1) is 0 Å². The molecule has 2 N–H and O–H groups in total. The lowest BCUT2D eigenvalue weighted by atomic mass is 9.85. The first-order valence-electron chi connectivity index (χ1n) is 7.05. The molecule has 19 heavy (non-hydrogen) atoms. The summed E-state index contributed by atoms with van der Waals surface area (Å²) in [7, 11) is 3.10. The molecule has 0 aromatic rings. The Balaban J connectivity index is 2.47. The van der Waals surface area contributed by atoms with Crippen molar-refractivity contribution >= 4 is 11.9 Å². The topological polar surface area (TPSA) is 67.4 Å². The molecule has 1 atom stereocenters. The molecule has 0 heterocycles. The van der Waals surface area contributed by atoms with Gasteiger partial charge in [0.05, 0.1) is 19.1 Å². The van der Waals surface area contributed by atoms with Gasteiger partial charge in [-0.05, 0) is 31.6 Å². The molecule has 0 aromatic carbocycles. The van der Waals surface area contributed by atoms with Crippen LogP contribution < -0.4 is 10.6 Å². The summed E-state index contributed by atoms with van der Waals surface area (Å²) < 4.78 is 4.78. The van der Waals surface area contributed by atoms with Crippen molar-refractivity contribution in [2.45, 2.75) is 51.6 Å². The Morgan fingerprint density at radius 1 is 1.16 bits per heavy atom. The highest BCUT2D eigenvalue weighted by Gasteiger charge is 2.30. The predicted molar refractivity (Wildman–Crippen MR) is 73.6 cm³/mol. The van der Waals surface area contributed by atoms with Crippen LogP contribution >= 0.6 is 0 Å². The highest BCUT2D eigenvalue weighted by molar-refractivity contribution is 5.81. The Hall–Kier alpha value is -1.10. The zero-order valence-corrected chi connectivity index (χ0v) is 12.4. The molecule has 0 bridgehead atoms. The van der Waals surface area contributed by atoms with Gasteiger partial charge >= 0.3 is 5.97 Å². The van der Waals surface area contributed by atoms with E-state index in [2.05, 4.69) is 10.6 Å². The van der Waals surface area contributed by atoms with Crippen LogP contribution in [0.5, 0.6) is 0 Å². The van der Waals surface area contributed by atoms with Gasteiger partial charge in [0.2, 0.25) is 5.91 Å². The van der Waals surface area contributed by atoms with Crippen LogP contribution in [0.1, 0.15) is 39.5 Å². The summed E-state index contributed by atoms with van der Waals surface area (Å²) in [6.07, 6.45) is 3.51. The summed E-state index contributed by atoms with van der Waals surface area (Å²) in [5.74, 6) is 0.203. The minimum Gasteiger partial charge on any atom is -0.469 e. The van der Waals surface area contributed by atoms with Gasteiger partial charge in [-0.1, -0.05) is 13.8 Å². The molecule has 1 saturated carbocycles. The molecule has 0 spiro atoms. The zero-order valence-electron chi connectivity index (χ0n) is 12.4. The van der Waals surface area contributed by atoms with Gasteiger partial charge in [-0.25, -0.2) is 0 Å². The van der Waals surface area contributed by atoms with Crippen molar-refractivity contribution < 1.29 is 14.3 Å². The van der Waals surface area contributed by atoms with Crippen molar-refractivity contribution in [2.75, 3.05) is 14.2 Å². The van der Waals surface area contributed by atoms with Gasteiger partial charge in [0.15, 0.2) is 0 Å². The molecule has 0 aromatic heterocycles. The fraction of sp³-hybridized carbons (Fsp3) is 0.857. The molecular formula is C14H26N2O3. The molecular weight excluding hydrogens is 244 g/mol. The number of likely N-dealkylation sites (N-methyl/N-ethyl adjacent to an activating group) is 1. The number of methoxy groups -OCH3 is 1. The Morgan fingerprint density at radius 3 is 2.16 bits per heavy atom. The number of nitrogens with one attached hydrogen (secondary N) is 2. The van der Waals surface area contributed by atoms with Crippen molar-refractivity contribution in [1.29, 1.82) is 0 Å². The van der Waals surface area contributed by atoms with Crippen molar-refractivity contribution in [3.63, 3.8) is 0 Å². The first kappa shape index (κ1) is 16.0. The maximum absolute atomic E-state index is 11.8. The summed E-state index contributed by atoms with van der Waals surface area (Å²) in [6, 6.07) is 0.148. The van der Waals surface area contributed by atoms with Gasteiger partial charge in [0.25, 0.3) is 0 Å². The van der Waals surface area contributed by atoms with E-state index in [4.69, 9.17) is 4.74 Å². The van der Waals surface area contributed by atoms with Gasteiger partial charge in [-0.2, -0.15) is 0 Å². The monoisotopic (exact) mass is 270 g/mol. The molecule has 1 aliphatic rings. The van der Waals surface area contributed by atoms with Crippen LogP contribution in [0.15, 0.2) is 0 Å². The maximum Gasteiger partial charge on any atom is 0.308 e. The van der Waals surface area contributed by atoms with Crippen molar-refractivity contribution in [2.24, 2.45) is 11.8 Å². The Labute approximate surface area is 115 Å². The van der Waals surface area contributed by atoms with E-state index in [0.29, 0.717) is 6.04 Å². The summed E-state index contributed by atoms with van der Waals surface area (Å²) in [5.41, 5.74) is 0. The smallest absolute Gasteiger partial charge is 0.308 e. The van der Waals surface area contributed by atoms with Crippen molar-refractivity contribution in [3.05, 3.63) is 0 Å². The number of amides is 1. The third-order valence-electron chi connectivity index (χ3n) is 3.87. The number of esters is 1. The summed E-state index contributed by atoms with van der Waals surface area (Å²) >= 11 is 0. The summed E-state index contributed by atoms with van der Waals surface area (Å²) in [6.45, 7) is 4.07. The lowest BCUT2D eigenvalue weighted by molar-refractivity contribution is -0.146. The Kier molecular flexibility index (Phi) is 6.28. The maximum atomic E-state index is 11.8. The van der Waals surface area contributed by atoms with Gasteiger partial charge in [0, 0.05) is 13.1 Å². The van der Waals surface area contributed by atoms with Crippen LogP contribution in [0.4, 0.5) is 0 Å². The van der Waals surface area contributed by atoms with Gasteiger partial charge in [-0.3, -0.25) is 9.59 Å². The molecule has 0 aliphatic heterocycles. The largest absolute Gasteiger partial charge is 0.469 e. The third kappa shape index (κ3) is 4.49. The molecule has 0 saturated heterocycles. The highest BCUT2D eigenvalue weighted by atomic mass is 16.5. The number of carbonyl (C=O) groups is 2. The predicted octanol–water partition coefficient (Wildman–Crippen LogP) is 1.08. The van der Waals surface area contributed by atoms with Crippen LogP contribution in [0, 0.1) is 11.8 Å².